The summed E-state index contributed by atoms with van der Waals surface area (Å²) in [6.07, 6.45) is 1.57. The van der Waals surface area contributed by atoms with Crippen molar-refractivity contribution in [1.82, 2.24) is 30.7 Å². The number of β-lactam (4-membered cyclic amide) rings is 1. The van der Waals surface area contributed by atoms with Crippen molar-refractivity contribution in [3.63, 3.8) is 0 Å². The molecule has 1 aliphatic rings. The van der Waals surface area contributed by atoms with Gasteiger partial charge < -0.3 is 44.5 Å². The van der Waals surface area contributed by atoms with Gasteiger partial charge in [-0.3, -0.25) is 19.5 Å². The van der Waals surface area contributed by atoms with Crippen LogP contribution in [0.3, 0.4) is 0 Å². The average molecular weight is 1080 g/mol. The molecule has 25 nitrogen and oxygen atoms in total. The van der Waals surface area contributed by atoms with Gasteiger partial charge >= 0.3 is 34.6 Å². The number of ether oxygens (including phenoxy) is 5. The maximum atomic E-state index is 14.0. The maximum Gasteiger partial charge on any atom is 0.418 e. The Hall–Kier alpha value is -6.58. The molecule has 4 rings (SSSR count). The fourth-order valence-electron chi connectivity index (χ4n) is 6.52. The topological polar surface area (TPSA) is 307 Å². The van der Waals surface area contributed by atoms with Crippen molar-refractivity contribution in [2.45, 2.75) is 163 Å². The summed E-state index contributed by atoms with van der Waals surface area (Å²) in [7, 11) is -5.11. The summed E-state index contributed by atoms with van der Waals surface area (Å²) in [5.41, 5.74) is -3.79. The van der Waals surface area contributed by atoms with Crippen molar-refractivity contribution in [2.75, 3.05) is 25.0 Å². The van der Waals surface area contributed by atoms with Crippen LogP contribution in [0.15, 0.2) is 47.2 Å². The van der Waals surface area contributed by atoms with E-state index >= 15 is 0 Å². The Morgan fingerprint density at radius 1 is 0.824 bits per heavy atom. The Morgan fingerprint density at radius 3 is 1.92 bits per heavy atom. The van der Waals surface area contributed by atoms with Crippen LogP contribution in [0, 0.1) is 0 Å². The summed E-state index contributed by atoms with van der Waals surface area (Å²) in [6, 6.07) is 5.52. The van der Waals surface area contributed by atoms with Crippen LogP contribution < -0.4 is 30.7 Å². The average Bonchev–Trinajstić information content (AvgIpc) is 3.87. The monoisotopic (exact) mass is 1080 g/mol. The van der Waals surface area contributed by atoms with Gasteiger partial charge in [0.05, 0.1) is 23.8 Å². The van der Waals surface area contributed by atoms with Gasteiger partial charge in [-0.15, -0.1) is 20.3 Å². The highest BCUT2D eigenvalue weighted by molar-refractivity contribution is 7.80. The molecule has 27 heteroatoms. The Balaban J connectivity index is 1.57. The van der Waals surface area contributed by atoms with E-state index in [2.05, 4.69) is 35.7 Å². The summed E-state index contributed by atoms with van der Waals surface area (Å²) < 4.78 is 68.1. The van der Waals surface area contributed by atoms with Crippen molar-refractivity contribution >= 4 is 68.6 Å². The standard InChI is InChI=1S/C47H69N9O16S2/c1-43(2,3)67-38(59)33(71-53-34(32-28-73-39(50-32)52-42(62)70-46(10,11)12)36(57)51-35-37(58)56(47(35,13)14)72-74(63,64)65)27-66-31-19-17-29(18-20-31)30-25-54(23-15-21-48-40(60)68-44(4,5)6)55(26-30)24-16-22-49-41(61)69-45(7,8)9/h17-20,25-26,28,33,35H,15-16,21-24,27H2,1-14H3,(H4-,48,49,50,51,52,57,60,61,62,63,64,65)/p+1/b53-34-/t33?,35-/m1/s1. The van der Waals surface area contributed by atoms with Gasteiger partial charge in [-0.05, 0) is 121 Å². The Kier molecular flexibility index (Phi) is 19.6. The molecule has 0 bridgehead atoms. The second kappa shape index (κ2) is 24.2. The van der Waals surface area contributed by atoms with Crippen LogP contribution in [-0.2, 0) is 65.9 Å². The quantitative estimate of drug-likeness (QED) is 0.0130. The van der Waals surface area contributed by atoms with Crippen LogP contribution in [-0.4, -0.2) is 129 Å². The lowest BCUT2D eigenvalue weighted by Gasteiger charge is -2.50. The molecule has 2 atom stereocenters. The number of hydroxylamine groups is 2. The number of hydrogen-bond donors (Lipinski definition) is 5. The number of nitrogens with one attached hydrogen (secondary N) is 4. The third-order valence-electron chi connectivity index (χ3n) is 9.59. The molecule has 1 aliphatic heterocycles. The molecule has 0 radical (unpaired) electrons. The Labute approximate surface area is 434 Å². The number of benzene rings is 1. The molecular formula is C47H70N9O16S2+. The molecule has 410 valence electrons. The summed E-state index contributed by atoms with van der Waals surface area (Å²) in [4.78, 5) is 87.6. The molecule has 1 fully saturated rings. The number of amides is 5. The number of oxime groups is 1. The number of anilines is 1. The lowest BCUT2D eigenvalue weighted by molar-refractivity contribution is -0.775. The third kappa shape index (κ3) is 19.7. The van der Waals surface area contributed by atoms with E-state index in [1.54, 1.807) is 107 Å². The van der Waals surface area contributed by atoms with Crippen LogP contribution in [0.5, 0.6) is 5.75 Å². The van der Waals surface area contributed by atoms with Crippen molar-refractivity contribution in [2.24, 2.45) is 5.16 Å². The van der Waals surface area contributed by atoms with Gasteiger partial charge in [0.2, 0.25) is 6.20 Å². The van der Waals surface area contributed by atoms with Crippen LogP contribution in [0.25, 0.3) is 11.1 Å². The highest BCUT2D eigenvalue weighted by Gasteiger charge is 2.58. The van der Waals surface area contributed by atoms with Gasteiger partial charge in [0, 0.05) is 24.9 Å². The third-order valence-corrected chi connectivity index (χ3v) is 10.7. The normalized spacial score (nSPS) is 15.5. The lowest BCUT2D eigenvalue weighted by atomic mass is 9.84. The number of alkyl carbamates (subject to hydrolysis) is 2. The molecular weight excluding hydrogens is 1010 g/mol. The van der Waals surface area contributed by atoms with Gasteiger partial charge in [0.15, 0.2) is 17.4 Å². The SMILES string of the molecule is CC(C)(C)OC(=O)NCCCn1cc(-c2ccc(OCC(O/N=C(\C(=O)N[C@@H]3C(=O)N(OS(=O)(=O)O)C3(C)C)c3csc(NC(=O)OC(C)(C)C)n3)C(=O)OC(C)(C)C)cc2)c[n+]1CCCNC(=O)OC(C)(C)C. The number of hydrogen-bond acceptors (Lipinski definition) is 18. The van der Waals surface area contributed by atoms with Gasteiger partial charge in [-0.25, -0.2) is 24.2 Å². The van der Waals surface area contributed by atoms with Gasteiger partial charge in [-0.1, -0.05) is 17.3 Å². The first-order chi connectivity index (χ1) is 34.0. The number of aromatic nitrogens is 3. The molecule has 0 aliphatic carbocycles. The van der Waals surface area contributed by atoms with E-state index in [0.717, 1.165) is 22.5 Å². The fraction of sp³-hybridized carbons (Fsp3) is 0.596. The Bertz CT molecular complexity index is 2570. The minimum atomic E-state index is -5.11. The van der Waals surface area contributed by atoms with Crippen LogP contribution >= 0.6 is 11.3 Å². The first-order valence-corrected chi connectivity index (χ1v) is 25.7. The summed E-state index contributed by atoms with van der Waals surface area (Å²) >= 11 is 0.882. The van der Waals surface area contributed by atoms with Crippen molar-refractivity contribution in [3.8, 4) is 16.9 Å². The number of carbonyl (C=O) groups excluding carboxylic acids is 6. The number of nitrogens with zero attached hydrogens (tertiary/aromatic N) is 5. The van der Waals surface area contributed by atoms with E-state index in [4.69, 9.17) is 28.5 Å². The number of rotatable bonds is 21. The number of esters is 1. The summed E-state index contributed by atoms with van der Waals surface area (Å²) in [5, 5.41) is 16.1. The van der Waals surface area contributed by atoms with Crippen LogP contribution in [0.4, 0.5) is 19.5 Å². The van der Waals surface area contributed by atoms with E-state index in [-0.39, 0.29) is 10.8 Å². The molecule has 3 aromatic rings. The molecule has 1 aromatic carbocycles. The second-order valence-electron chi connectivity index (χ2n) is 21.4. The van der Waals surface area contributed by atoms with E-state index in [0.29, 0.717) is 49.8 Å². The first kappa shape index (κ1) is 60.0. The molecule has 3 heterocycles. The summed E-state index contributed by atoms with van der Waals surface area (Å²) in [5.74, 6) is -2.74. The molecule has 1 saturated heterocycles. The first-order valence-electron chi connectivity index (χ1n) is 23.5. The van der Waals surface area contributed by atoms with Gasteiger partial charge in [0.25, 0.3) is 17.9 Å². The van der Waals surface area contributed by atoms with Crippen molar-refractivity contribution in [1.29, 1.82) is 0 Å². The van der Waals surface area contributed by atoms with E-state index in [1.165, 1.54) is 19.2 Å². The smallest absolute Gasteiger partial charge is 0.418 e. The lowest BCUT2D eigenvalue weighted by Crippen LogP contribution is -2.76. The fourth-order valence-corrected chi connectivity index (χ4v) is 7.66. The van der Waals surface area contributed by atoms with E-state index in [1.807, 2.05) is 21.8 Å². The van der Waals surface area contributed by atoms with Crippen LogP contribution in [0.2, 0.25) is 0 Å². The number of aryl methyl sites for hydroxylation is 2. The molecule has 5 amide bonds. The molecule has 0 saturated carbocycles. The van der Waals surface area contributed by atoms with Crippen LogP contribution in [0.1, 0.15) is 115 Å². The van der Waals surface area contributed by atoms with E-state index < -0.39 is 98.9 Å². The molecule has 1 unspecified atom stereocenters. The highest BCUT2D eigenvalue weighted by atomic mass is 32.3. The molecule has 74 heavy (non-hydrogen) atoms. The highest BCUT2D eigenvalue weighted by Crippen LogP contribution is 2.33. The van der Waals surface area contributed by atoms with Crippen molar-refractivity contribution in [3.05, 3.63) is 47.7 Å². The Morgan fingerprint density at radius 2 is 1.38 bits per heavy atom. The number of carbonyl (C=O) groups is 6. The summed E-state index contributed by atoms with van der Waals surface area (Å²) in [6.45, 7) is 24.6. The molecule has 0 spiro atoms. The van der Waals surface area contributed by atoms with Gasteiger partial charge in [-0.2, -0.15) is 18.2 Å². The predicted octanol–water partition coefficient (Wildman–Crippen LogP) is 5.43. The zero-order chi connectivity index (χ0) is 55.6. The second-order valence-corrected chi connectivity index (χ2v) is 23.2. The van der Waals surface area contributed by atoms with E-state index in [9.17, 15) is 41.7 Å². The minimum Gasteiger partial charge on any atom is -0.489 e. The maximum absolute atomic E-state index is 14.0. The molecule has 2 aromatic heterocycles. The molecule has 5 N–H and O–H groups in total. The number of thiazole rings is 1. The zero-order valence-electron chi connectivity index (χ0n) is 44.3. The minimum absolute atomic E-state index is 0.0235. The predicted molar refractivity (Wildman–Crippen MR) is 268 cm³/mol. The van der Waals surface area contributed by atoms with Gasteiger partial charge in [0.1, 0.15) is 46.5 Å². The largest absolute Gasteiger partial charge is 0.489 e. The van der Waals surface area contributed by atoms with Crippen molar-refractivity contribution < 1.29 is 79.2 Å². The zero-order valence-corrected chi connectivity index (χ0v) is 45.9.